The lowest BCUT2D eigenvalue weighted by atomic mass is 10.2. The highest BCUT2D eigenvalue weighted by Gasteiger charge is 2.24. The highest BCUT2D eigenvalue weighted by atomic mass is 79.9. The van der Waals surface area contributed by atoms with Crippen LogP contribution in [0, 0.1) is 10.1 Å². The number of nitrogens with zero attached hydrogens (tertiary/aromatic N) is 4. The van der Waals surface area contributed by atoms with Crippen molar-refractivity contribution in [2.24, 2.45) is 0 Å². The van der Waals surface area contributed by atoms with Gasteiger partial charge in [0.05, 0.1) is 23.7 Å². The Hall–Kier alpha value is -2.83. The molecule has 1 aromatic heterocycles. The van der Waals surface area contributed by atoms with E-state index in [1.807, 2.05) is 0 Å². The average molecular weight is 466 g/mol. The van der Waals surface area contributed by atoms with E-state index in [0.29, 0.717) is 36.3 Å². The van der Waals surface area contributed by atoms with Crippen LogP contribution in [0.3, 0.4) is 0 Å². The first-order valence-corrected chi connectivity index (χ1v) is 9.70. The Morgan fingerprint density at radius 2 is 1.97 bits per heavy atom. The second kappa shape index (κ2) is 10.1. The second-order valence-electron chi connectivity index (χ2n) is 6.12. The van der Waals surface area contributed by atoms with Crippen molar-refractivity contribution in [3.8, 4) is 0 Å². The first kappa shape index (κ1) is 20.9. The molecule has 3 rings (SSSR count). The van der Waals surface area contributed by atoms with Gasteiger partial charge in [-0.1, -0.05) is 12.1 Å². The molecule has 12 heteroatoms. The third kappa shape index (κ3) is 5.59. The molecule has 1 aliphatic heterocycles. The third-order valence-electron chi connectivity index (χ3n) is 4.24. The number of ether oxygens (including phenoxy) is 1. The molecule has 3 N–H and O–H groups in total. The Balaban J connectivity index is 1.65. The lowest BCUT2D eigenvalue weighted by Gasteiger charge is -2.26. The Kier molecular flexibility index (Phi) is 7.27. The van der Waals surface area contributed by atoms with E-state index in [9.17, 15) is 14.9 Å². The quantitative estimate of drug-likeness (QED) is 0.392. The zero-order valence-corrected chi connectivity index (χ0v) is 17.0. The number of hydrazine groups is 1. The van der Waals surface area contributed by atoms with E-state index in [4.69, 9.17) is 4.74 Å². The number of amides is 1. The van der Waals surface area contributed by atoms with Crippen molar-refractivity contribution < 1.29 is 14.5 Å². The Bertz CT molecular complexity index is 877. The number of aromatic nitrogens is 2. The van der Waals surface area contributed by atoms with Gasteiger partial charge in [-0.3, -0.25) is 30.7 Å². The summed E-state index contributed by atoms with van der Waals surface area (Å²) in [5, 5.41) is 14.5. The first-order valence-electron chi connectivity index (χ1n) is 8.90. The monoisotopic (exact) mass is 465 g/mol. The van der Waals surface area contributed by atoms with Gasteiger partial charge in [0.2, 0.25) is 11.6 Å². The van der Waals surface area contributed by atoms with E-state index in [1.54, 1.807) is 24.3 Å². The summed E-state index contributed by atoms with van der Waals surface area (Å²) in [5.41, 5.74) is 4.97. The van der Waals surface area contributed by atoms with Gasteiger partial charge in [-0.15, -0.1) is 0 Å². The molecule has 1 saturated heterocycles. The van der Waals surface area contributed by atoms with Gasteiger partial charge in [0, 0.05) is 30.7 Å². The van der Waals surface area contributed by atoms with Crippen molar-refractivity contribution in [2.45, 2.75) is 0 Å². The largest absolute Gasteiger partial charge is 0.379 e. The van der Waals surface area contributed by atoms with Gasteiger partial charge in [0.25, 0.3) is 5.91 Å². The minimum atomic E-state index is -0.593. The number of benzene rings is 1. The van der Waals surface area contributed by atoms with Gasteiger partial charge in [-0.2, -0.15) is 0 Å². The summed E-state index contributed by atoms with van der Waals surface area (Å²) >= 11 is 3.29. The van der Waals surface area contributed by atoms with Crippen LogP contribution in [0.4, 0.5) is 17.3 Å². The molecular weight excluding hydrogens is 446 g/mol. The van der Waals surface area contributed by atoms with Crippen molar-refractivity contribution in [3.05, 3.63) is 50.7 Å². The molecule has 2 heterocycles. The summed E-state index contributed by atoms with van der Waals surface area (Å²) in [6.45, 7) is 4.17. The number of nitro groups is 1. The fraction of sp³-hybridized carbons (Fsp3) is 0.353. The van der Waals surface area contributed by atoms with E-state index >= 15 is 0 Å². The van der Waals surface area contributed by atoms with Crippen molar-refractivity contribution in [1.29, 1.82) is 0 Å². The van der Waals surface area contributed by atoms with E-state index in [2.05, 4.69) is 47.0 Å². The number of halogens is 1. The summed E-state index contributed by atoms with van der Waals surface area (Å²) in [4.78, 5) is 33.3. The van der Waals surface area contributed by atoms with Crippen LogP contribution in [-0.4, -0.2) is 65.1 Å². The van der Waals surface area contributed by atoms with Crippen molar-refractivity contribution in [1.82, 2.24) is 20.3 Å². The summed E-state index contributed by atoms with van der Waals surface area (Å²) in [5.74, 6) is -0.498. The lowest BCUT2D eigenvalue weighted by molar-refractivity contribution is -0.383. The molecule has 1 fully saturated rings. The molecule has 0 aliphatic carbocycles. The zero-order chi connectivity index (χ0) is 20.6. The minimum Gasteiger partial charge on any atom is -0.379 e. The number of morpholine rings is 1. The third-order valence-corrected chi connectivity index (χ3v) is 4.93. The number of hydrogen-bond acceptors (Lipinski definition) is 9. The highest BCUT2D eigenvalue weighted by Crippen LogP contribution is 2.28. The molecule has 0 bridgehead atoms. The van der Waals surface area contributed by atoms with Crippen LogP contribution in [0.25, 0.3) is 0 Å². The molecule has 29 heavy (non-hydrogen) atoms. The summed E-state index contributed by atoms with van der Waals surface area (Å²) < 4.78 is 5.90. The van der Waals surface area contributed by atoms with Crippen LogP contribution < -0.4 is 16.2 Å². The molecule has 1 amide bonds. The molecule has 0 saturated carbocycles. The van der Waals surface area contributed by atoms with Crippen LogP contribution in [0.2, 0.25) is 0 Å². The van der Waals surface area contributed by atoms with E-state index < -0.39 is 10.8 Å². The maximum atomic E-state index is 12.3. The molecule has 1 aromatic carbocycles. The molecule has 2 aromatic rings. The maximum absolute atomic E-state index is 12.3. The van der Waals surface area contributed by atoms with Crippen LogP contribution >= 0.6 is 15.9 Å². The van der Waals surface area contributed by atoms with Crippen molar-refractivity contribution in [2.75, 3.05) is 50.1 Å². The average Bonchev–Trinajstić information content (AvgIpc) is 2.73. The molecule has 0 radical (unpaired) electrons. The molecule has 1 aliphatic rings. The standard InChI is InChI=1S/C17H20BrN7O4/c18-13-4-2-1-3-12(13)17(26)23-22-16-14(25(27)28)15(20-11-21-16)19-5-6-24-7-9-29-10-8-24/h1-4,11H,5-10H2,(H,23,26)(H2,19,20,21,22). The van der Waals surface area contributed by atoms with Crippen molar-refractivity contribution in [3.63, 3.8) is 0 Å². The minimum absolute atomic E-state index is 0.0795. The van der Waals surface area contributed by atoms with Gasteiger partial charge < -0.3 is 10.1 Å². The zero-order valence-electron chi connectivity index (χ0n) is 15.4. The second-order valence-corrected chi connectivity index (χ2v) is 6.97. The van der Waals surface area contributed by atoms with Crippen LogP contribution in [0.1, 0.15) is 10.4 Å². The predicted molar refractivity (Wildman–Crippen MR) is 110 cm³/mol. The van der Waals surface area contributed by atoms with E-state index in [0.717, 1.165) is 13.1 Å². The summed E-state index contributed by atoms with van der Waals surface area (Å²) in [6, 6.07) is 6.83. The van der Waals surface area contributed by atoms with E-state index in [1.165, 1.54) is 6.33 Å². The van der Waals surface area contributed by atoms with Crippen LogP contribution in [-0.2, 0) is 4.74 Å². The fourth-order valence-electron chi connectivity index (χ4n) is 2.76. The Labute approximate surface area is 175 Å². The predicted octanol–water partition coefficient (Wildman–Crippen LogP) is 1.65. The van der Waals surface area contributed by atoms with Gasteiger partial charge in [0.1, 0.15) is 6.33 Å². The number of nitrogens with one attached hydrogen (secondary N) is 3. The summed E-state index contributed by atoms with van der Waals surface area (Å²) in [6.07, 6.45) is 1.19. The molecule has 0 atom stereocenters. The normalized spacial score (nSPS) is 14.2. The molecule has 154 valence electrons. The Morgan fingerprint density at radius 3 is 2.69 bits per heavy atom. The number of anilines is 2. The SMILES string of the molecule is O=C(NNc1ncnc(NCCN2CCOCC2)c1[N+](=O)[O-])c1ccccc1Br. The van der Waals surface area contributed by atoms with Gasteiger partial charge >= 0.3 is 5.69 Å². The topological polar surface area (TPSA) is 135 Å². The fourth-order valence-corrected chi connectivity index (χ4v) is 3.22. The number of rotatable bonds is 8. The number of hydrogen-bond donors (Lipinski definition) is 3. The van der Waals surface area contributed by atoms with Crippen molar-refractivity contribution >= 4 is 39.2 Å². The number of carbonyl (C=O) groups excluding carboxylic acids is 1. The van der Waals surface area contributed by atoms with Gasteiger partial charge in [0.15, 0.2) is 0 Å². The Morgan fingerprint density at radius 1 is 1.24 bits per heavy atom. The smallest absolute Gasteiger partial charge is 0.354 e. The molecule has 0 unspecified atom stereocenters. The van der Waals surface area contributed by atoms with Gasteiger partial charge in [-0.05, 0) is 28.1 Å². The van der Waals surface area contributed by atoms with Gasteiger partial charge in [-0.25, -0.2) is 9.97 Å². The van der Waals surface area contributed by atoms with E-state index in [-0.39, 0.29) is 17.3 Å². The van der Waals surface area contributed by atoms with Crippen LogP contribution in [0.5, 0.6) is 0 Å². The molecular formula is C17H20BrN7O4. The highest BCUT2D eigenvalue weighted by molar-refractivity contribution is 9.10. The first-order chi connectivity index (χ1) is 14.1. The molecule has 11 nitrogen and oxygen atoms in total. The maximum Gasteiger partial charge on any atom is 0.354 e. The molecule has 0 spiro atoms. The van der Waals surface area contributed by atoms with Crippen LogP contribution in [0.15, 0.2) is 35.1 Å². The summed E-state index contributed by atoms with van der Waals surface area (Å²) in [7, 11) is 0. The lowest BCUT2D eigenvalue weighted by Crippen LogP contribution is -2.39. The number of carbonyl (C=O) groups is 1.